The summed E-state index contributed by atoms with van der Waals surface area (Å²) < 4.78 is 27.5. The van der Waals surface area contributed by atoms with Crippen LogP contribution in [0.2, 0.25) is 0 Å². The number of benzene rings is 4. The maximum Gasteiger partial charge on any atom is 0.185 e. The lowest BCUT2D eigenvalue weighted by molar-refractivity contribution is 0.493. The van der Waals surface area contributed by atoms with Gasteiger partial charge in [0, 0.05) is 0 Å². The summed E-state index contributed by atoms with van der Waals surface area (Å²) in [5, 5.41) is 0. The fraction of sp³-hybridized carbons (Fsp3) is 0.143. The molecule has 0 aliphatic heterocycles. The topological polar surface area (TPSA) is 34.1 Å². The average Bonchev–Trinajstić information content (AvgIpc) is 2.81. The summed E-state index contributed by atoms with van der Waals surface area (Å²) in [7, 11) is -3.66. The van der Waals surface area contributed by atoms with Crippen LogP contribution in [-0.2, 0) is 29.1 Å². The van der Waals surface area contributed by atoms with Gasteiger partial charge in [-0.1, -0.05) is 109 Å². The fourth-order valence-electron chi connectivity index (χ4n) is 4.23. The van der Waals surface area contributed by atoms with Gasteiger partial charge in [-0.15, -0.1) is 0 Å². The van der Waals surface area contributed by atoms with Gasteiger partial charge in [0.1, 0.15) is 0 Å². The van der Waals surface area contributed by atoms with E-state index in [0.29, 0.717) is 24.2 Å². The van der Waals surface area contributed by atoms with Gasteiger partial charge in [-0.05, 0) is 48.1 Å². The quantitative estimate of drug-likeness (QED) is 0.350. The predicted octanol–water partition coefficient (Wildman–Crippen LogP) is 5.93. The lowest BCUT2D eigenvalue weighted by Gasteiger charge is -2.34. The van der Waals surface area contributed by atoms with Crippen molar-refractivity contribution in [3.63, 3.8) is 0 Å². The minimum absolute atomic E-state index is 0.373. The number of hydrogen-bond donors (Lipinski definition) is 0. The van der Waals surface area contributed by atoms with Crippen LogP contribution < -0.4 is 0 Å². The van der Waals surface area contributed by atoms with E-state index >= 15 is 0 Å². The first-order chi connectivity index (χ1) is 15.1. The van der Waals surface area contributed by atoms with Gasteiger partial charge in [0.25, 0.3) is 0 Å². The summed E-state index contributed by atoms with van der Waals surface area (Å²) in [6.45, 7) is 0. The summed E-state index contributed by atoms with van der Waals surface area (Å²) in [6, 6.07) is 38.7. The van der Waals surface area contributed by atoms with Crippen LogP contribution in [0, 0.1) is 0 Å². The first-order valence-electron chi connectivity index (χ1n) is 10.5. The minimum Gasteiger partial charge on any atom is -0.223 e. The molecule has 0 unspecified atom stereocenters. The molecule has 0 aliphatic rings. The fourth-order valence-corrected chi connectivity index (χ4v) is 6.31. The first-order valence-corrected chi connectivity index (χ1v) is 12.0. The van der Waals surface area contributed by atoms with Gasteiger partial charge in [0.15, 0.2) is 9.84 Å². The number of hydrogen-bond acceptors (Lipinski definition) is 2. The highest BCUT2D eigenvalue weighted by Gasteiger charge is 2.44. The lowest BCUT2D eigenvalue weighted by Crippen LogP contribution is -2.45. The van der Waals surface area contributed by atoms with Gasteiger partial charge in [-0.25, -0.2) is 8.42 Å². The van der Waals surface area contributed by atoms with Gasteiger partial charge in [0.2, 0.25) is 0 Å². The molecule has 156 valence electrons. The van der Waals surface area contributed by atoms with E-state index in [1.54, 1.807) is 24.3 Å². The third kappa shape index (κ3) is 4.78. The molecule has 4 rings (SSSR count). The van der Waals surface area contributed by atoms with E-state index < -0.39 is 14.6 Å². The second kappa shape index (κ2) is 9.32. The minimum atomic E-state index is -3.66. The van der Waals surface area contributed by atoms with Crippen LogP contribution in [0.5, 0.6) is 0 Å². The monoisotopic (exact) mass is 426 g/mol. The van der Waals surface area contributed by atoms with Crippen LogP contribution in [-0.4, -0.2) is 13.2 Å². The van der Waals surface area contributed by atoms with E-state index in [4.69, 9.17) is 0 Å². The van der Waals surface area contributed by atoms with Crippen molar-refractivity contribution in [3.05, 3.63) is 138 Å². The molecule has 4 aromatic rings. The summed E-state index contributed by atoms with van der Waals surface area (Å²) in [4.78, 5) is 0.373. The SMILES string of the molecule is O=S(=O)(c1ccccc1)C(Cc1ccccc1)(Cc1ccccc1)Cc1ccccc1. The summed E-state index contributed by atoms with van der Waals surface area (Å²) in [5.74, 6) is 0. The van der Waals surface area contributed by atoms with Crippen LogP contribution in [0.1, 0.15) is 16.7 Å². The third-order valence-electron chi connectivity index (χ3n) is 5.73. The van der Waals surface area contributed by atoms with E-state index in [2.05, 4.69) is 0 Å². The van der Waals surface area contributed by atoms with Gasteiger partial charge < -0.3 is 0 Å². The molecule has 0 saturated carbocycles. The Hall–Kier alpha value is -3.17. The van der Waals surface area contributed by atoms with E-state index in [-0.39, 0.29) is 0 Å². The molecule has 0 heterocycles. The Bertz CT molecular complexity index is 1090. The van der Waals surface area contributed by atoms with E-state index in [1.165, 1.54) is 0 Å². The van der Waals surface area contributed by atoms with Crippen LogP contribution >= 0.6 is 0 Å². The van der Waals surface area contributed by atoms with E-state index in [9.17, 15) is 8.42 Å². The van der Waals surface area contributed by atoms with Gasteiger partial charge in [-0.2, -0.15) is 0 Å². The van der Waals surface area contributed by atoms with Crippen molar-refractivity contribution >= 4 is 9.84 Å². The Morgan fingerprint density at radius 3 is 1.06 bits per heavy atom. The summed E-state index contributed by atoms with van der Waals surface area (Å²) >= 11 is 0. The zero-order valence-corrected chi connectivity index (χ0v) is 18.2. The highest BCUT2D eigenvalue weighted by molar-refractivity contribution is 7.92. The Morgan fingerprint density at radius 1 is 0.452 bits per heavy atom. The average molecular weight is 427 g/mol. The molecule has 0 fully saturated rings. The molecule has 0 saturated heterocycles. The summed E-state index contributed by atoms with van der Waals surface area (Å²) in [6.07, 6.45) is 1.32. The zero-order chi connectivity index (χ0) is 21.6. The van der Waals surface area contributed by atoms with E-state index in [1.807, 2.05) is 97.1 Å². The van der Waals surface area contributed by atoms with Crippen molar-refractivity contribution in [1.29, 1.82) is 0 Å². The zero-order valence-electron chi connectivity index (χ0n) is 17.4. The van der Waals surface area contributed by atoms with Crippen LogP contribution in [0.25, 0.3) is 0 Å². The molecule has 0 atom stereocenters. The highest BCUT2D eigenvalue weighted by atomic mass is 32.2. The van der Waals surface area contributed by atoms with Crippen LogP contribution in [0.3, 0.4) is 0 Å². The van der Waals surface area contributed by atoms with Crippen molar-refractivity contribution < 1.29 is 8.42 Å². The molecule has 3 heteroatoms. The second-order valence-electron chi connectivity index (χ2n) is 7.99. The van der Waals surface area contributed by atoms with Crippen molar-refractivity contribution in [3.8, 4) is 0 Å². The molecule has 0 N–H and O–H groups in total. The molecular weight excluding hydrogens is 400 g/mol. The van der Waals surface area contributed by atoms with Gasteiger partial charge in [-0.3, -0.25) is 0 Å². The van der Waals surface area contributed by atoms with Crippen LogP contribution in [0.15, 0.2) is 126 Å². The molecular formula is C28H26O2S. The highest BCUT2D eigenvalue weighted by Crippen LogP contribution is 2.36. The van der Waals surface area contributed by atoms with Crippen molar-refractivity contribution in [2.24, 2.45) is 0 Å². The van der Waals surface area contributed by atoms with E-state index in [0.717, 1.165) is 16.7 Å². The molecule has 31 heavy (non-hydrogen) atoms. The smallest absolute Gasteiger partial charge is 0.185 e. The van der Waals surface area contributed by atoms with Crippen molar-refractivity contribution in [2.45, 2.75) is 28.9 Å². The van der Waals surface area contributed by atoms with Crippen LogP contribution in [0.4, 0.5) is 0 Å². The number of sulfone groups is 1. The molecule has 0 bridgehead atoms. The first kappa shape index (κ1) is 21.1. The Morgan fingerprint density at radius 2 is 0.742 bits per heavy atom. The molecule has 0 aliphatic carbocycles. The molecule has 0 spiro atoms. The van der Waals surface area contributed by atoms with Crippen molar-refractivity contribution in [1.82, 2.24) is 0 Å². The molecule has 2 nitrogen and oxygen atoms in total. The Kier molecular flexibility index (Phi) is 6.34. The third-order valence-corrected chi connectivity index (χ3v) is 8.20. The Labute approximate surface area is 185 Å². The van der Waals surface area contributed by atoms with Crippen molar-refractivity contribution in [2.75, 3.05) is 0 Å². The Balaban J connectivity index is 1.90. The molecule has 4 aromatic carbocycles. The molecule has 0 aromatic heterocycles. The summed E-state index contributed by atoms with van der Waals surface area (Å²) in [5.41, 5.74) is 3.07. The van der Waals surface area contributed by atoms with Gasteiger partial charge in [0.05, 0.1) is 9.64 Å². The van der Waals surface area contributed by atoms with Gasteiger partial charge >= 0.3 is 0 Å². The molecule has 0 amide bonds. The second-order valence-corrected chi connectivity index (χ2v) is 10.3. The lowest BCUT2D eigenvalue weighted by atomic mass is 9.86. The number of rotatable bonds is 8. The maximum absolute atomic E-state index is 14.3. The predicted molar refractivity (Wildman–Crippen MR) is 127 cm³/mol. The normalized spacial score (nSPS) is 11.9. The standard InChI is InChI=1S/C28H26O2S/c29-31(30,27-19-11-4-12-20-27)28(21-24-13-5-1-6-14-24,22-25-15-7-2-8-16-25)23-26-17-9-3-10-18-26/h1-20H,21-23H2. The molecule has 0 radical (unpaired) electrons. The largest absolute Gasteiger partial charge is 0.223 e. The maximum atomic E-state index is 14.3.